The van der Waals surface area contributed by atoms with Gasteiger partial charge in [-0.25, -0.2) is 4.79 Å². The molecule has 0 aliphatic heterocycles. The molecule has 0 aromatic carbocycles. The van der Waals surface area contributed by atoms with E-state index in [2.05, 4.69) is 5.16 Å². The molecule has 0 aliphatic rings. The van der Waals surface area contributed by atoms with E-state index in [9.17, 15) is 9.36 Å². The standard InChI is InChI=1S/C5H6NO5P/c7-3-12(11)2-1-4(6-10)5(8)9/h1-2,7H,3H2,(H-,8,9,10,11)/p+1. The number of aliphatic carboxylic acids is 1. The zero-order chi connectivity index (χ0) is 9.56. The molecule has 0 radical (unpaired) electrons. The van der Waals surface area contributed by atoms with Crippen LogP contribution in [0, 0.1) is 0 Å². The smallest absolute Gasteiger partial charge is 0.397 e. The van der Waals surface area contributed by atoms with Crippen LogP contribution in [0.15, 0.2) is 17.0 Å². The fourth-order valence-corrected chi connectivity index (χ4v) is 0.750. The molecule has 7 heteroatoms. The highest BCUT2D eigenvalue weighted by Crippen LogP contribution is 2.19. The Balaban J connectivity index is 4.32. The average Bonchev–Trinajstić information content (AvgIpc) is 2.04. The number of aliphatic hydroxyl groups excluding tert-OH is 1. The van der Waals surface area contributed by atoms with Crippen LogP contribution in [0.3, 0.4) is 0 Å². The Kier molecular flexibility index (Phi) is 4.83. The molecule has 6 nitrogen and oxygen atoms in total. The van der Waals surface area contributed by atoms with E-state index >= 15 is 0 Å². The van der Waals surface area contributed by atoms with Gasteiger partial charge in [-0.05, 0) is 0 Å². The third-order valence-corrected chi connectivity index (χ3v) is 1.63. The van der Waals surface area contributed by atoms with Gasteiger partial charge in [0.2, 0.25) is 6.35 Å². The minimum absolute atomic E-state index is 0.565. The molecule has 0 aliphatic carbocycles. The van der Waals surface area contributed by atoms with Crippen LogP contribution in [0.25, 0.3) is 0 Å². The summed E-state index contributed by atoms with van der Waals surface area (Å²) in [5.74, 6) is -0.478. The Morgan fingerprint density at radius 2 is 2.17 bits per heavy atom. The van der Waals surface area contributed by atoms with Crippen LogP contribution in [-0.4, -0.2) is 33.4 Å². The van der Waals surface area contributed by atoms with E-state index in [1.165, 1.54) is 0 Å². The number of rotatable bonds is 4. The number of hydrogen-bond acceptors (Lipinski definition) is 5. The Bertz CT molecular complexity index is 246. The van der Waals surface area contributed by atoms with E-state index in [-0.39, 0.29) is 0 Å². The van der Waals surface area contributed by atoms with Crippen LogP contribution in [-0.2, 0) is 9.36 Å². The van der Waals surface area contributed by atoms with Gasteiger partial charge in [0.15, 0.2) is 11.5 Å². The van der Waals surface area contributed by atoms with Gasteiger partial charge in [0.05, 0.1) is 0 Å². The number of carboxylic acid groups (broad SMARTS) is 1. The van der Waals surface area contributed by atoms with Crippen molar-refractivity contribution in [1.29, 1.82) is 0 Å². The van der Waals surface area contributed by atoms with Gasteiger partial charge in [-0.2, -0.15) is 0 Å². The molecule has 0 rings (SSSR count). The van der Waals surface area contributed by atoms with Crippen molar-refractivity contribution in [3.63, 3.8) is 0 Å². The molecule has 0 bridgehead atoms. The molecule has 0 heterocycles. The van der Waals surface area contributed by atoms with Crippen LogP contribution in [0.4, 0.5) is 0 Å². The van der Waals surface area contributed by atoms with Crippen molar-refractivity contribution in [2.75, 3.05) is 6.35 Å². The second kappa shape index (κ2) is 5.40. The maximum Gasteiger partial charge on any atom is 0.397 e. The third kappa shape index (κ3) is 3.80. The highest BCUT2D eigenvalue weighted by molar-refractivity contribution is 7.48. The van der Waals surface area contributed by atoms with Gasteiger partial charge in [0.1, 0.15) is 0 Å². The molecule has 66 valence electrons. The normalized spacial score (nSPS) is 13.4. The highest BCUT2D eigenvalue weighted by Gasteiger charge is 2.11. The van der Waals surface area contributed by atoms with Crippen molar-refractivity contribution >= 4 is 19.5 Å². The summed E-state index contributed by atoms with van der Waals surface area (Å²) in [6.07, 6.45) is 0.293. The van der Waals surface area contributed by atoms with Gasteiger partial charge in [-0.1, -0.05) is 9.72 Å². The summed E-state index contributed by atoms with van der Waals surface area (Å²) >= 11 is 0. The fraction of sp³-hybridized carbons (Fsp3) is 0.200. The molecule has 1 unspecified atom stereocenters. The number of carboxylic acids is 1. The summed E-state index contributed by atoms with van der Waals surface area (Å²) < 4.78 is 10.5. The van der Waals surface area contributed by atoms with E-state index in [4.69, 9.17) is 15.4 Å². The van der Waals surface area contributed by atoms with E-state index in [1.54, 1.807) is 0 Å². The van der Waals surface area contributed by atoms with Gasteiger partial charge >= 0.3 is 13.8 Å². The first-order valence-corrected chi connectivity index (χ1v) is 4.31. The van der Waals surface area contributed by atoms with Gasteiger partial charge in [0, 0.05) is 6.08 Å². The fourth-order valence-electron chi connectivity index (χ4n) is 0.348. The minimum Gasteiger partial charge on any atom is -0.476 e. The monoisotopic (exact) mass is 192 g/mol. The largest absolute Gasteiger partial charge is 0.476 e. The van der Waals surface area contributed by atoms with Crippen LogP contribution in [0.5, 0.6) is 0 Å². The lowest BCUT2D eigenvalue weighted by Crippen LogP contribution is -2.09. The minimum atomic E-state index is -1.97. The Morgan fingerprint density at radius 3 is 2.50 bits per heavy atom. The predicted octanol–water partition coefficient (Wildman–Crippen LogP) is 0.192. The van der Waals surface area contributed by atoms with Crippen molar-refractivity contribution in [2.24, 2.45) is 5.16 Å². The molecule has 0 fully saturated rings. The van der Waals surface area contributed by atoms with Crippen molar-refractivity contribution < 1.29 is 24.8 Å². The van der Waals surface area contributed by atoms with Crippen LogP contribution in [0.1, 0.15) is 0 Å². The summed E-state index contributed by atoms with van der Waals surface area (Å²) in [4.78, 5) is 10.1. The summed E-state index contributed by atoms with van der Waals surface area (Å²) in [5, 5.41) is 27.0. The van der Waals surface area contributed by atoms with Crippen molar-refractivity contribution in [1.82, 2.24) is 0 Å². The molecule has 0 saturated carbocycles. The van der Waals surface area contributed by atoms with Crippen molar-refractivity contribution in [2.45, 2.75) is 0 Å². The van der Waals surface area contributed by atoms with Crippen LogP contribution in [0.2, 0.25) is 0 Å². The lowest BCUT2D eigenvalue weighted by Gasteiger charge is -1.84. The second-order valence-electron chi connectivity index (χ2n) is 1.66. The van der Waals surface area contributed by atoms with E-state index in [1.807, 2.05) is 0 Å². The van der Waals surface area contributed by atoms with E-state index in [0.717, 1.165) is 11.9 Å². The first-order chi connectivity index (χ1) is 5.61. The maximum atomic E-state index is 10.5. The summed E-state index contributed by atoms with van der Waals surface area (Å²) in [6.45, 7) is 0. The van der Waals surface area contributed by atoms with Gasteiger partial charge in [0.25, 0.3) is 0 Å². The Morgan fingerprint density at radius 1 is 1.58 bits per heavy atom. The number of nitrogens with zero attached hydrogens (tertiary/aromatic N) is 1. The predicted molar refractivity (Wildman–Crippen MR) is 40.7 cm³/mol. The van der Waals surface area contributed by atoms with Crippen molar-refractivity contribution in [3.8, 4) is 0 Å². The van der Waals surface area contributed by atoms with Crippen molar-refractivity contribution in [3.05, 3.63) is 11.9 Å². The molecule has 0 saturated heterocycles. The first kappa shape index (κ1) is 10.7. The first-order valence-electron chi connectivity index (χ1n) is 2.80. The summed E-state index contributed by atoms with van der Waals surface area (Å²) in [7, 11) is -1.97. The lowest BCUT2D eigenvalue weighted by molar-refractivity contribution is -0.129. The molecular formula is C5H7NO5P+. The maximum absolute atomic E-state index is 10.5. The van der Waals surface area contributed by atoms with E-state index in [0.29, 0.717) is 0 Å². The molecule has 1 atom stereocenters. The average molecular weight is 192 g/mol. The molecule has 0 aromatic heterocycles. The topological polar surface area (TPSA) is 107 Å². The molecule has 12 heavy (non-hydrogen) atoms. The zero-order valence-electron chi connectivity index (χ0n) is 5.91. The number of aliphatic hydroxyl groups is 1. The number of carbonyl (C=O) groups is 1. The SMILES string of the molecule is O=C(O)C(C=C[P+](=O)CO)=NO. The zero-order valence-corrected chi connectivity index (χ0v) is 6.81. The summed E-state index contributed by atoms with van der Waals surface area (Å²) in [5.41, 5.74) is -0.633. The van der Waals surface area contributed by atoms with E-state index < -0.39 is 25.8 Å². The molecule has 0 amide bonds. The Labute approximate surface area is 68.6 Å². The molecule has 0 aromatic rings. The second-order valence-corrected chi connectivity index (χ2v) is 3.08. The molecule has 3 N–H and O–H groups in total. The molecular weight excluding hydrogens is 185 g/mol. The van der Waals surface area contributed by atoms with Gasteiger partial charge in [-0.15, -0.1) is 0 Å². The molecule has 0 spiro atoms. The number of hydrogen-bond donors (Lipinski definition) is 3. The quantitative estimate of drug-likeness (QED) is 0.255. The van der Waals surface area contributed by atoms with Crippen LogP contribution < -0.4 is 0 Å². The summed E-state index contributed by atoms with van der Waals surface area (Å²) in [6, 6.07) is 0. The van der Waals surface area contributed by atoms with Crippen LogP contribution >= 0.6 is 7.80 Å². The third-order valence-electron chi connectivity index (χ3n) is 0.865. The highest BCUT2D eigenvalue weighted by atomic mass is 31.1. The Hall–Kier alpha value is -1.26. The number of oxime groups is 1. The lowest BCUT2D eigenvalue weighted by atomic mass is 10.4. The van der Waals surface area contributed by atoms with Gasteiger partial charge < -0.3 is 15.4 Å². The van der Waals surface area contributed by atoms with Gasteiger partial charge in [-0.3, -0.25) is 0 Å².